The lowest BCUT2D eigenvalue weighted by Gasteiger charge is -2.09. The summed E-state index contributed by atoms with van der Waals surface area (Å²) in [5.41, 5.74) is 2.25. The number of carboxylic acid groups (broad SMARTS) is 2. The van der Waals surface area contributed by atoms with Gasteiger partial charge >= 0.3 is 11.9 Å². The van der Waals surface area contributed by atoms with Crippen molar-refractivity contribution in [1.82, 2.24) is 9.97 Å². The highest BCUT2D eigenvalue weighted by atomic mass is 32.1. The molecule has 0 fully saturated rings. The number of rotatable bonds is 3. The van der Waals surface area contributed by atoms with E-state index in [4.69, 9.17) is 0 Å². The normalized spacial score (nSPS) is 11.0. The Hall–Kier alpha value is -3.32. The summed E-state index contributed by atoms with van der Waals surface area (Å²) >= 11 is 1.08. The van der Waals surface area contributed by atoms with Gasteiger partial charge in [-0.1, -0.05) is 30.3 Å². The lowest BCUT2D eigenvalue weighted by molar-refractivity contribution is 0.0687. The number of benzene rings is 2. The van der Waals surface area contributed by atoms with Gasteiger partial charge in [0.05, 0.1) is 16.5 Å². The Morgan fingerprint density at radius 2 is 1.64 bits per heavy atom. The van der Waals surface area contributed by atoms with Crippen LogP contribution in [0.15, 0.2) is 48.8 Å². The first kappa shape index (κ1) is 15.2. The van der Waals surface area contributed by atoms with Gasteiger partial charge in [0.25, 0.3) is 0 Å². The predicted octanol–water partition coefficient (Wildman–Crippen LogP) is 3.91. The van der Waals surface area contributed by atoms with E-state index in [0.717, 1.165) is 27.8 Å². The van der Waals surface area contributed by atoms with E-state index in [-0.39, 0.29) is 10.6 Å². The average Bonchev–Trinajstić information content (AvgIpc) is 3.05. The molecule has 2 N–H and O–H groups in total. The molecule has 0 unspecified atom stereocenters. The highest BCUT2D eigenvalue weighted by molar-refractivity contribution is 7.20. The van der Waals surface area contributed by atoms with E-state index in [1.165, 1.54) is 6.20 Å². The highest BCUT2D eigenvalue weighted by Crippen LogP contribution is 2.37. The second-order valence-electron chi connectivity index (χ2n) is 5.37. The SMILES string of the molecule is O=C(O)c1nc2cncc(-c3ccc(C(=O)O)c4ccccc34)c2s1. The number of carbonyl (C=O) groups is 2. The fraction of sp³-hybridized carbons (Fsp3) is 0. The van der Waals surface area contributed by atoms with Gasteiger partial charge in [0.1, 0.15) is 5.52 Å². The fourth-order valence-corrected chi connectivity index (χ4v) is 3.76. The van der Waals surface area contributed by atoms with Crippen LogP contribution in [0.25, 0.3) is 32.1 Å². The lowest BCUT2D eigenvalue weighted by atomic mass is 9.96. The molecule has 0 amide bonds. The van der Waals surface area contributed by atoms with Gasteiger partial charge in [-0.05, 0) is 22.4 Å². The second kappa shape index (κ2) is 5.64. The number of hydrogen-bond donors (Lipinski definition) is 2. The molecule has 7 heteroatoms. The number of nitrogens with zero attached hydrogens (tertiary/aromatic N) is 2. The molecule has 2 heterocycles. The minimum Gasteiger partial charge on any atom is -0.478 e. The molecule has 0 bridgehead atoms. The van der Waals surface area contributed by atoms with Crippen molar-refractivity contribution in [2.45, 2.75) is 0 Å². The van der Waals surface area contributed by atoms with Crippen molar-refractivity contribution >= 4 is 44.3 Å². The third-order valence-electron chi connectivity index (χ3n) is 3.93. The Morgan fingerprint density at radius 1 is 0.880 bits per heavy atom. The van der Waals surface area contributed by atoms with Gasteiger partial charge in [0, 0.05) is 11.8 Å². The molecule has 0 aliphatic heterocycles. The first-order valence-corrected chi connectivity index (χ1v) is 8.11. The van der Waals surface area contributed by atoms with Gasteiger partial charge < -0.3 is 10.2 Å². The molecule has 2 aromatic carbocycles. The Bertz CT molecular complexity index is 1170. The number of pyridine rings is 1. The van der Waals surface area contributed by atoms with E-state index in [1.54, 1.807) is 30.5 Å². The van der Waals surface area contributed by atoms with Crippen molar-refractivity contribution in [3.63, 3.8) is 0 Å². The smallest absolute Gasteiger partial charge is 0.365 e. The van der Waals surface area contributed by atoms with Crippen molar-refractivity contribution in [2.24, 2.45) is 0 Å². The number of aromatic carboxylic acids is 2. The van der Waals surface area contributed by atoms with Crippen molar-refractivity contribution in [3.05, 3.63) is 59.4 Å². The molecule has 6 nitrogen and oxygen atoms in total. The summed E-state index contributed by atoms with van der Waals surface area (Å²) in [6.07, 6.45) is 3.17. The minimum atomic E-state index is -1.08. The number of aromatic nitrogens is 2. The Kier molecular flexibility index (Phi) is 3.43. The lowest BCUT2D eigenvalue weighted by Crippen LogP contribution is -1.98. The molecule has 2 aromatic heterocycles. The largest absolute Gasteiger partial charge is 0.478 e. The number of hydrogen-bond acceptors (Lipinski definition) is 5. The van der Waals surface area contributed by atoms with E-state index in [2.05, 4.69) is 9.97 Å². The molecule has 122 valence electrons. The van der Waals surface area contributed by atoms with Crippen LogP contribution in [-0.4, -0.2) is 32.1 Å². The highest BCUT2D eigenvalue weighted by Gasteiger charge is 2.17. The number of carboxylic acids is 2. The van der Waals surface area contributed by atoms with E-state index >= 15 is 0 Å². The maximum atomic E-state index is 11.5. The van der Waals surface area contributed by atoms with Gasteiger partial charge in [0.2, 0.25) is 5.01 Å². The summed E-state index contributed by atoms with van der Waals surface area (Å²) in [5.74, 6) is -2.08. The van der Waals surface area contributed by atoms with Crippen molar-refractivity contribution in [2.75, 3.05) is 0 Å². The molecule has 0 saturated carbocycles. The van der Waals surface area contributed by atoms with Gasteiger partial charge in [0.15, 0.2) is 0 Å². The first-order chi connectivity index (χ1) is 12.1. The number of fused-ring (bicyclic) bond motifs is 2. The Morgan fingerprint density at radius 3 is 2.36 bits per heavy atom. The Balaban J connectivity index is 2.06. The second-order valence-corrected chi connectivity index (χ2v) is 6.37. The van der Waals surface area contributed by atoms with E-state index in [1.807, 2.05) is 12.1 Å². The third kappa shape index (κ3) is 2.41. The fourth-order valence-electron chi connectivity index (χ4n) is 2.86. The van der Waals surface area contributed by atoms with Crippen LogP contribution >= 0.6 is 11.3 Å². The molecule has 0 aliphatic rings. The van der Waals surface area contributed by atoms with Gasteiger partial charge in [-0.2, -0.15) is 0 Å². The zero-order valence-electron chi connectivity index (χ0n) is 12.6. The standard InChI is InChI=1S/C18H10N2O4S/c21-17(22)12-6-5-11(9-3-1-2-4-10(9)12)13-7-19-8-14-15(13)25-16(20-14)18(23)24/h1-8H,(H,21,22)(H,23,24). The molecule has 0 saturated heterocycles. The summed E-state index contributed by atoms with van der Waals surface area (Å²) < 4.78 is 0.709. The van der Waals surface area contributed by atoms with Gasteiger partial charge in [-0.3, -0.25) is 4.98 Å². The van der Waals surface area contributed by atoms with Crippen LogP contribution in [-0.2, 0) is 0 Å². The van der Waals surface area contributed by atoms with Crippen LogP contribution in [0.3, 0.4) is 0 Å². The van der Waals surface area contributed by atoms with Gasteiger partial charge in [-0.15, -0.1) is 11.3 Å². The maximum absolute atomic E-state index is 11.5. The summed E-state index contributed by atoms with van der Waals surface area (Å²) in [6, 6.07) is 10.5. The summed E-state index contributed by atoms with van der Waals surface area (Å²) in [7, 11) is 0. The molecular weight excluding hydrogens is 340 g/mol. The molecule has 4 aromatic rings. The van der Waals surface area contributed by atoms with Crippen LogP contribution in [0.4, 0.5) is 0 Å². The van der Waals surface area contributed by atoms with Crippen molar-refractivity contribution in [1.29, 1.82) is 0 Å². The first-order valence-electron chi connectivity index (χ1n) is 7.29. The summed E-state index contributed by atoms with van der Waals surface area (Å²) in [6.45, 7) is 0. The summed E-state index contributed by atoms with van der Waals surface area (Å²) in [4.78, 5) is 30.9. The van der Waals surface area contributed by atoms with E-state index < -0.39 is 11.9 Å². The number of thiazole rings is 1. The topological polar surface area (TPSA) is 100 Å². The third-order valence-corrected chi connectivity index (χ3v) is 5.02. The van der Waals surface area contributed by atoms with E-state index in [9.17, 15) is 19.8 Å². The molecule has 25 heavy (non-hydrogen) atoms. The van der Waals surface area contributed by atoms with Crippen LogP contribution in [0.2, 0.25) is 0 Å². The minimum absolute atomic E-state index is 0.00397. The van der Waals surface area contributed by atoms with Crippen molar-refractivity contribution in [3.8, 4) is 11.1 Å². The zero-order chi connectivity index (χ0) is 17.6. The molecule has 0 aliphatic carbocycles. The predicted molar refractivity (Wildman–Crippen MR) is 94.3 cm³/mol. The molecule has 0 atom stereocenters. The van der Waals surface area contributed by atoms with Crippen molar-refractivity contribution < 1.29 is 19.8 Å². The van der Waals surface area contributed by atoms with E-state index in [0.29, 0.717) is 15.6 Å². The van der Waals surface area contributed by atoms with Crippen LogP contribution < -0.4 is 0 Å². The summed E-state index contributed by atoms with van der Waals surface area (Å²) in [5, 5.41) is 20.0. The maximum Gasteiger partial charge on any atom is 0.365 e. The molecule has 0 radical (unpaired) electrons. The monoisotopic (exact) mass is 350 g/mol. The molecule has 4 rings (SSSR count). The molecule has 0 spiro atoms. The van der Waals surface area contributed by atoms with Gasteiger partial charge in [-0.25, -0.2) is 14.6 Å². The van der Waals surface area contributed by atoms with Crippen LogP contribution in [0.5, 0.6) is 0 Å². The Labute approximate surface area is 145 Å². The van der Waals surface area contributed by atoms with Crippen LogP contribution in [0.1, 0.15) is 20.2 Å². The van der Waals surface area contributed by atoms with Crippen LogP contribution in [0, 0.1) is 0 Å². The quantitative estimate of drug-likeness (QED) is 0.581. The molecular formula is C18H10N2O4S. The average molecular weight is 350 g/mol. The zero-order valence-corrected chi connectivity index (χ0v) is 13.4.